The smallest absolute Gasteiger partial charge is 0.308 e. The number of hydrogen-bond donors (Lipinski definition) is 3. The molecule has 2 rings (SSSR count). The monoisotopic (exact) mass is 348 g/mol. The molecule has 0 aliphatic heterocycles. The van der Waals surface area contributed by atoms with Gasteiger partial charge in [0, 0.05) is 30.5 Å². The maximum absolute atomic E-state index is 11.6. The zero-order valence-corrected chi connectivity index (χ0v) is 14.9. The lowest BCUT2D eigenvalue weighted by Gasteiger charge is -2.23. The highest BCUT2D eigenvalue weighted by molar-refractivity contribution is 5.91. The van der Waals surface area contributed by atoms with Crippen molar-refractivity contribution in [3.63, 3.8) is 0 Å². The zero-order chi connectivity index (χ0) is 18.6. The van der Waals surface area contributed by atoms with Gasteiger partial charge in [0.2, 0.25) is 5.56 Å². The molecule has 7 nitrogen and oxygen atoms in total. The Labute approximate surface area is 146 Å². The van der Waals surface area contributed by atoms with E-state index in [4.69, 9.17) is 9.47 Å². The van der Waals surface area contributed by atoms with Gasteiger partial charge >= 0.3 is 5.97 Å². The number of carbonyl (C=O) groups is 1. The topological polar surface area (TPSA) is 101 Å². The number of aromatic nitrogens is 1. The quantitative estimate of drug-likeness (QED) is 0.541. The minimum Gasteiger partial charge on any atom is -0.490 e. The lowest BCUT2D eigenvalue weighted by atomic mass is 10.1. The minimum absolute atomic E-state index is 0.0875. The van der Waals surface area contributed by atoms with Gasteiger partial charge in [0.1, 0.15) is 18.5 Å². The summed E-state index contributed by atoms with van der Waals surface area (Å²) in [6.45, 7) is 7.80. The molecule has 0 fully saturated rings. The van der Waals surface area contributed by atoms with E-state index in [0.29, 0.717) is 23.2 Å². The Hall–Kier alpha value is -2.38. The van der Waals surface area contributed by atoms with E-state index in [0.717, 1.165) is 0 Å². The van der Waals surface area contributed by atoms with E-state index in [1.165, 1.54) is 13.0 Å². The van der Waals surface area contributed by atoms with Crippen molar-refractivity contribution in [2.75, 3.05) is 13.2 Å². The molecule has 0 amide bonds. The first-order chi connectivity index (χ1) is 11.7. The first-order valence-corrected chi connectivity index (χ1v) is 8.06. The molecule has 2 aromatic rings. The number of β-amino-alcohol motifs (C(OH)–C–C–N with tert-alkyl or cyclic N) is 1. The van der Waals surface area contributed by atoms with Crippen LogP contribution in [0.15, 0.2) is 29.1 Å². The third-order valence-corrected chi connectivity index (χ3v) is 3.37. The lowest BCUT2D eigenvalue weighted by molar-refractivity contribution is -0.131. The van der Waals surface area contributed by atoms with Crippen LogP contribution in [0, 0.1) is 0 Å². The van der Waals surface area contributed by atoms with Gasteiger partial charge < -0.3 is 24.9 Å². The Kier molecular flexibility index (Phi) is 5.81. The summed E-state index contributed by atoms with van der Waals surface area (Å²) in [4.78, 5) is 25.5. The number of nitrogens with one attached hydrogen (secondary N) is 2. The number of aliphatic hydroxyl groups is 1. The Bertz CT molecular complexity index is 807. The third kappa shape index (κ3) is 5.58. The number of hydrogen-bond acceptors (Lipinski definition) is 6. The maximum atomic E-state index is 11.6. The molecule has 0 bridgehead atoms. The summed E-state index contributed by atoms with van der Waals surface area (Å²) < 4.78 is 10.8. The van der Waals surface area contributed by atoms with E-state index in [-0.39, 0.29) is 23.5 Å². The van der Waals surface area contributed by atoms with Crippen molar-refractivity contribution in [2.45, 2.75) is 39.3 Å². The minimum atomic E-state index is -0.690. The van der Waals surface area contributed by atoms with Gasteiger partial charge in [0.15, 0.2) is 5.75 Å². The maximum Gasteiger partial charge on any atom is 0.308 e. The summed E-state index contributed by atoms with van der Waals surface area (Å²) in [5.41, 5.74) is -0.0336. The molecule has 0 aliphatic rings. The van der Waals surface area contributed by atoms with Crippen LogP contribution in [0.2, 0.25) is 0 Å². The van der Waals surface area contributed by atoms with Crippen molar-refractivity contribution < 1.29 is 19.4 Å². The molecule has 0 saturated carbocycles. The van der Waals surface area contributed by atoms with Crippen molar-refractivity contribution in [1.29, 1.82) is 0 Å². The van der Waals surface area contributed by atoms with E-state index in [9.17, 15) is 14.7 Å². The molecule has 0 saturated heterocycles. The highest BCUT2D eigenvalue weighted by Crippen LogP contribution is 2.31. The molecule has 1 aromatic carbocycles. The van der Waals surface area contributed by atoms with Crippen LogP contribution in [0.3, 0.4) is 0 Å². The van der Waals surface area contributed by atoms with Crippen LogP contribution in [-0.2, 0) is 4.79 Å². The molecule has 1 heterocycles. The molecule has 7 heteroatoms. The van der Waals surface area contributed by atoms with Crippen LogP contribution in [-0.4, -0.2) is 40.9 Å². The number of benzene rings is 1. The Morgan fingerprint density at radius 3 is 2.56 bits per heavy atom. The van der Waals surface area contributed by atoms with E-state index in [1.54, 1.807) is 18.2 Å². The SMILES string of the molecule is CC(=O)Oc1ccc(OCC(O)CNC(C)(C)C)c2ccc(=O)[nH]c12. The van der Waals surface area contributed by atoms with E-state index >= 15 is 0 Å². The highest BCUT2D eigenvalue weighted by atomic mass is 16.5. The predicted molar refractivity (Wildman–Crippen MR) is 95.1 cm³/mol. The van der Waals surface area contributed by atoms with Crippen LogP contribution in [0.1, 0.15) is 27.7 Å². The van der Waals surface area contributed by atoms with Gasteiger partial charge in [-0.1, -0.05) is 0 Å². The fourth-order valence-electron chi connectivity index (χ4n) is 2.23. The molecular weight excluding hydrogens is 324 g/mol. The lowest BCUT2D eigenvalue weighted by Crippen LogP contribution is -2.42. The predicted octanol–water partition coefficient (Wildman–Crippen LogP) is 1.58. The molecule has 3 N–H and O–H groups in total. The van der Waals surface area contributed by atoms with Gasteiger partial charge in [-0.2, -0.15) is 0 Å². The number of ether oxygens (including phenoxy) is 2. The summed E-state index contributed by atoms with van der Waals surface area (Å²) in [5, 5.41) is 13.8. The zero-order valence-electron chi connectivity index (χ0n) is 14.9. The number of esters is 1. The average Bonchev–Trinajstić information content (AvgIpc) is 2.51. The molecule has 1 atom stereocenters. The Morgan fingerprint density at radius 2 is 1.92 bits per heavy atom. The molecule has 0 radical (unpaired) electrons. The molecule has 0 spiro atoms. The third-order valence-electron chi connectivity index (χ3n) is 3.37. The molecular formula is C18H24N2O5. The van der Waals surface area contributed by atoms with E-state index in [2.05, 4.69) is 10.3 Å². The van der Waals surface area contributed by atoms with Crippen molar-refractivity contribution in [2.24, 2.45) is 0 Å². The summed E-state index contributed by atoms with van der Waals surface area (Å²) in [6.07, 6.45) is -0.690. The van der Waals surface area contributed by atoms with Crippen LogP contribution >= 0.6 is 0 Å². The number of aliphatic hydroxyl groups excluding tert-OH is 1. The summed E-state index contributed by atoms with van der Waals surface area (Å²) in [5.74, 6) is 0.253. The number of H-pyrrole nitrogens is 1. The van der Waals surface area contributed by atoms with Crippen LogP contribution in [0.25, 0.3) is 10.9 Å². The second-order valence-electron chi connectivity index (χ2n) is 6.86. The Morgan fingerprint density at radius 1 is 1.24 bits per heavy atom. The van der Waals surface area contributed by atoms with Gasteiger partial charge in [-0.25, -0.2) is 0 Å². The molecule has 25 heavy (non-hydrogen) atoms. The van der Waals surface area contributed by atoms with Crippen LogP contribution in [0.4, 0.5) is 0 Å². The fraction of sp³-hybridized carbons (Fsp3) is 0.444. The van der Waals surface area contributed by atoms with E-state index < -0.39 is 12.1 Å². The number of rotatable bonds is 6. The first kappa shape index (κ1) is 19.0. The molecule has 0 aliphatic carbocycles. The van der Waals surface area contributed by atoms with Crippen LogP contribution in [0.5, 0.6) is 11.5 Å². The fourth-order valence-corrected chi connectivity index (χ4v) is 2.23. The molecule has 136 valence electrons. The normalized spacial score (nSPS) is 12.8. The standard InChI is InChI=1S/C18H24N2O5/c1-11(21)25-15-7-6-14(13-5-8-16(23)20-17(13)15)24-10-12(22)9-19-18(2,3)4/h5-8,12,19,22H,9-10H2,1-4H3,(H,20,23). The largest absolute Gasteiger partial charge is 0.490 e. The van der Waals surface area contributed by atoms with Gasteiger partial charge in [0.05, 0.1) is 5.52 Å². The number of pyridine rings is 1. The second-order valence-corrected chi connectivity index (χ2v) is 6.86. The average molecular weight is 348 g/mol. The van der Waals surface area contributed by atoms with Gasteiger partial charge in [-0.15, -0.1) is 0 Å². The summed E-state index contributed by atoms with van der Waals surface area (Å²) >= 11 is 0. The van der Waals surface area contributed by atoms with Gasteiger partial charge in [-0.05, 0) is 39.0 Å². The Balaban J connectivity index is 2.19. The molecule has 1 unspecified atom stereocenters. The van der Waals surface area contributed by atoms with E-state index in [1.807, 2.05) is 20.8 Å². The van der Waals surface area contributed by atoms with Crippen molar-refractivity contribution in [1.82, 2.24) is 10.3 Å². The molecule has 1 aromatic heterocycles. The first-order valence-electron chi connectivity index (χ1n) is 8.06. The van der Waals surface area contributed by atoms with Crippen LogP contribution < -0.4 is 20.3 Å². The van der Waals surface area contributed by atoms with Crippen molar-refractivity contribution in [3.8, 4) is 11.5 Å². The number of carbonyl (C=O) groups excluding carboxylic acids is 1. The summed E-state index contributed by atoms with van der Waals surface area (Å²) in [6, 6.07) is 6.15. The van der Waals surface area contributed by atoms with Gasteiger partial charge in [-0.3, -0.25) is 9.59 Å². The van der Waals surface area contributed by atoms with Crippen molar-refractivity contribution >= 4 is 16.9 Å². The number of fused-ring (bicyclic) bond motifs is 1. The van der Waals surface area contributed by atoms with Crippen molar-refractivity contribution in [3.05, 3.63) is 34.6 Å². The van der Waals surface area contributed by atoms with Gasteiger partial charge in [0.25, 0.3) is 0 Å². The highest BCUT2D eigenvalue weighted by Gasteiger charge is 2.15. The number of aromatic amines is 1. The second kappa shape index (κ2) is 7.67. The summed E-state index contributed by atoms with van der Waals surface area (Å²) in [7, 11) is 0.